The van der Waals surface area contributed by atoms with E-state index in [2.05, 4.69) is 161 Å². The molecule has 57 heavy (non-hydrogen) atoms. The first-order chi connectivity index (χ1) is 28.3. The van der Waals surface area contributed by atoms with Crippen LogP contribution in [0, 0.1) is 0 Å². The molecule has 0 aliphatic rings. The van der Waals surface area contributed by atoms with Crippen LogP contribution >= 0.6 is 0 Å². The summed E-state index contributed by atoms with van der Waals surface area (Å²) in [4.78, 5) is 10.9. The summed E-state index contributed by atoms with van der Waals surface area (Å²) in [6.45, 7) is 0. The maximum atomic E-state index is 6.42. The number of benzene rings is 9. The third kappa shape index (κ3) is 4.28. The van der Waals surface area contributed by atoms with Gasteiger partial charge in [-0.05, 0) is 82.2 Å². The molecule has 0 aliphatic heterocycles. The monoisotopic (exact) mass is 726 g/mol. The van der Waals surface area contributed by atoms with Gasteiger partial charge in [0.25, 0.3) is 0 Å². The molecule has 0 N–H and O–H groups in total. The number of para-hydroxylation sites is 4. The summed E-state index contributed by atoms with van der Waals surface area (Å²) in [5, 5.41) is 11.9. The van der Waals surface area contributed by atoms with Crippen LogP contribution in [0.25, 0.3) is 121 Å². The van der Waals surface area contributed by atoms with Gasteiger partial charge >= 0.3 is 0 Å². The molecule has 9 aromatic carbocycles. The van der Waals surface area contributed by atoms with E-state index < -0.39 is 0 Å². The average molecular weight is 727 g/mol. The second kappa shape index (κ2) is 11.4. The van der Waals surface area contributed by atoms with Crippen LogP contribution in [0.3, 0.4) is 0 Å². The average Bonchev–Trinajstić information content (AvgIpc) is 3.93. The third-order valence-electron chi connectivity index (χ3n) is 11.9. The standard InChI is InChI=1S/C52H30N4O/c1-3-13-35-31(11-1)22-27-44-49(35)39-16-5-9-19-43(39)55(44)34-24-26-40-46(30-34)56(45-28-23-32-12-2-4-14-36(32)50(40)45)52-51(53-41-17-7-8-18-42(41)54-52)33-21-25-38-37-15-6-10-20-47(37)57-48(38)29-33/h1-30H. The summed E-state index contributed by atoms with van der Waals surface area (Å²) in [5.41, 5.74) is 10.6. The quantitative estimate of drug-likeness (QED) is 0.182. The molecule has 0 aliphatic carbocycles. The molecule has 0 spiro atoms. The van der Waals surface area contributed by atoms with E-state index in [4.69, 9.17) is 14.4 Å². The predicted octanol–water partition coefficient (Wildman–Crippen LogP) is 13.7. The predicted molar refractivity (Wildman–Crippen MR) is 236 cm³/mol. The maximum Gasteiger partial charge on any atom is 0.165 e. The van der Waals surface area contributed by atoms with Crippen molar-refractivity contribution in [3.05, 3.63) is 182 Å². The van der Waals surface area contributed by atoms with Crippen molar-refractivity contribution < 1.29 is 4.42 Å². The summed E-state index contributed by atoms with van der Waals surface area (Å²) in [6.07, 6.45) is 0. The van der Waals surface area contributed by atoms with Crippen molar-refractivity contribution >= 4 is 98.1 Å². The Hall–Kier alpha value is -7.76. The van der Waals surface area contributed by atoms with Gasteiger partial charge in [-0.1, -0.05) is 121 Å². The summed E-state index contributed by atoms with van der Waals surface area (Å²) >= 11 is 0. The van der Waals surface area contributed by atoms with Crippen LogP contribution in [0.15, 0.2) is 186 Å². The highest BCUT2D eigenvalue weighted by molar-refractivity contribution is 6.23. The van der Waals surface area contributed by atoms with E-state index in [1.54, 1.807) is 0 Å². The van der Waals surface area contributed by atoms with Crippen molar-refractivity contribution in [1.82, 2.24) is 19.1 Å². The molecule has 264 valence electrons. The van der Waals surface area contributed by atoms with Crippen molar-refractivity contribution in [2.45, 2.75) is 0 Å². The second-order valence-electron chi connectivity index (χ2n) is 14.9. The van der Waals surface area contributed by atoms with E-state index in [9.17, 15) is 0 Å². The second-order valence-corrected chi connectivity index (χ2v) is 14.9. The topological polar surface area (TPSA) is 48.8 Å². The lowest BCUT2D eigenvalue weighted by atomic mass is 10.0. The molecule has 0 saturated carbocycles. The number of rotatable bonds is 3. The van der Waals surface area contributed by atoms with Gasteiger partial charge in [0.15, 0.2) is 5.82 Å². The van der Waals surface area contributed by atoms with Crippen molar-refractivity contribution in [3.8, 4) is 22.8 Å². The Labute approximate surface area is 325 Å². The van der Waals surface area contributed by atoms with Crippen molar-refractivity contribution in [2.75, 3.05) is 0 Å². The number of hydrogen-bond acceptors (Lipinski definition) is 3. The fourth-order valence-electron chi connectivity index (χ4n) is 9.37. The van der Waals surface area contributed by atoms with E-state index >= 15 is 0 Å². The minimum Gasteiger partial charge on any atom is -0.456 e. The zero-order chi connectivity index (χ0) is 37.2. The smallest absolute Gasteiger partial charge is 0.165 e. The van der Waals surface area contributed by atoms with Crippen LogP contribution in [-0.4, -0.2) is 19.1 Å². The molecule has 0 radical (unpaired) electrons. The molecule has 4 heterocycles. The van der Waals surface area contributed by atoms with Gasteiger partial charge in [-0.15, -0.1) is 0 Å². The SMILES string of the molecule is c1ccc2c(c1)ccc1c2c2ccccc2n1-c1ccc2c3c4ccccc4ccc3n(-c3nc4ccccc4nc3-c3ccc4c(c3)oc3ccccc34)c2c1. The number of fused-ring (bicyclic) bond motifs is 14. The Kier molecular flexibility index (Phi) is 6.10. The van der Waals surface area contributed by atoms with E-state index in [1.165, 1.54) is 48.7 Å². The zero-order valence-electron chi connectivity index (χ0n) is 30.5. The molecule has 0 fully saturated rings. The Bertz CT molecular complexity index is 3830. The lowest BCUT2D eigenvalue weighted by Crippen LogP contribution is -2.04. The molecular formula is C52H30N4O. The number of aromatic nitrogens is 4. The lowest BCUT2D eigenvalue weighted by Gasteiger charge is -2.15. The highest BCUT2D eigenvalue weighted by Crippen LogP contribution is 2.42. The van der Waals surface area contributed by atoms with Crippen molar-refractivity contribution in [2.24, 2.45) is 0 Å². The van der Waals surface area contributed by atoms with Gasteiger partial charge in [0.1, 0.15) is 16.9 Å². The fraction of sp³-hybridized carbons (Fsp3) is 0. The van der Waals surface area contributed by atoms with Gasteiger partial charge in [-0.25, -0.2) is 9.97 Å². The van der Waals surface area contributed by atoms with Crippen LogP contribution in [-0.2, 0) is 0 Å². The summed E-state index contributed by atoms with van der Waals surface area (Å²) < 4.78 is 11.2. The minimum absolute atomic E-state index is 0.768. The first-order valence-corrected chi connectivity index (χ1v) is 19.3. The third-order valence-corrected chi connectivity index (χ3v) is 11.9. The van der Waals surface area contributed by atoms with Crippen LogP contribution < -0.4 is 0 Å². The van der Waals surface area contributed by atoms with E-state index in [-0.39, 0.29) is 0 Å². The minimum atomic E-state index is 0.768. The van der Waals surface area contributed by atoms with Gasteiger partial charge in [-0.3, -0.25) is 4.57 Å². The molecule has 0 unspecified atom stereocenters. The number of furan rings is 1. The van der Waals surface area contributed by atoms with E-state index in [1.807, 2.05) is 30.3 Å². The summed E-state index contributed by atoms with van der Waals surface area (Å²) in [7, 11) is 0. The molecule has 0 amide bonds. The van der Waals surface area contributed by atoms with Gasteiger partial charge in [-0.2, -0.15) is 0 Å². The molecule has 13 aromatic rings. The summed E-state index contributed by atoms with van der Waals surface area (Å²) in [6, 6.07) is 64.8. The first-order valence-electron chi connectivity index (χ1n) is 19.3. The van der Waals surface area contributed by atoms with Crippen molar-refractivity contribution in [3.63, 3.8) is 0 Å². The first kappa shape index (κ1) is 30.6. The molecule has 13 rings (SSSR count). The zero-order valence-corrected chi connectivity index (χ0v) is 30.5. The van der Waals surface area contributed by atoms with Crippen LogP contribution in [0.1, 0.15) is 0 Å². The molecule has 5 nitrogen and oxygen atoms in total. The van der Waals surface area contributed by atoms with Gasteiger partial charge in [0.2, 0.25) is 0 Å². The van der Waals surface area contributed by atoms with Gasteiger partial charge in [0, 0.05) is 43.6 Å². The molecule has 0 atom stereocenters. The molecule has 0 bridgehead atoms. The Morgan fingerprint density at radius 2 is 0.947 bits per heavy atom. The Morgan fingerprint density at radius 3 is 1.72 bits per heavy atom. The molecular weight excluding hydrogens is 697 g/mol. The number of hydrogen-bond donors (Lipinski definition) is 0. The summed E-state index contributed by atoms with van der Waals surface area (Å²) in [5.74, 6) is 0.768. The van der Waals surface area contributed by atoms with Gasteiger partial charge < -0.3 is 8.98 Å². The normalized spacial score (nSPS) is 12.2. The highest BCUT2D eigenvalue weighted by Gasteiger charge is 2.23. The Morgan fingerprint density at radius 1 is 0.368 bits per heavy atom. The molecule has 4 aromatic heterocycles. The van der Waals surface area contributed by atoms with Crippen molar-refractivity contribution in [1.29, 1.82) is 0 Å². The van der Waals surface area contributed by atoms with Crippen LogP contribution in [0.5, 0.6) is 0 Å². The lowest BCUT2D eigenvalue weighted by molar-refractivity contribution is 0.669. The molecule has 5 heteroatoms. The Balaban J connectivity index is 1.16. The maximum absolute atomic E-state index is 6.42. The largest absolute Gasteiger partial charge is 0.456 e. The van der Waals surface area contributed by atoms with Gasteiger partial charge in [0.05, 0.1) is 33.1 Å². The van der Waals surface area contributed by atoms with E-state index in [0.717, 1.165) is 72.2 Å². The molecule has 0 saturated heterocycles. The highest BCUT2D eigenvalue weighted by atomic mass is 16.3. The van der Waals surface area contributed by atoms with Crippen LogP contribution in [0.4, 0.5) is 0 Å². The number of nitrogens with zero attached hydrogens (tertiary/aromatic N) is 4. The van der Waals surface area contributed by atoms with E-state index in [0.29, 0.717) is 0 Å². The van der Waals surface area contributed by atoms with Crippen LogP contribution in [0.2, 0.25) is 0 Å². The fourth-order valence-corrected chi connectivity index (χ4v) is 9.37.